The van der Waals surface area contributed by atoms with Crippen LogP contribution >= 0.6 is 0 Å². The number of nitrogens with one attached hydrogen (secondary N) is 1. The molecule has 5 heterocycles. The molecule has 4 aliphatic rings. The number of imide groups is 1. The highest BCUT2D eigenvalue weighted by Gasteiger charge is 2.36. The Bertz CT molecular complexity index is 1730. The number of fused-ring (bicyclic) bond motifs is 1. The number of benzene rings is 2. The number of amides is 2. The molecule has 2 amide bonds. The van der Waals surface area contributed by atoms with Gasteiger partial charge in [0.2, 0.25) is 11.8 Å². The van der Waals surface area contributed by atoms with E-state index < -0.39 is 4.92 Å². The standard InChI is InChI=1S/C34H41FN8O5/c1-38-19-25(17-36-38)26-15-31(43(46)47)32(48-2)16-29(26)40-7-5-22(6-8-40)18-39-9-11-41(12-10-39)30-14-24-21-42(20-23(24)13-27(30)35)28-3-4-33(44)37-34(28)45/h13-17,19,22,28H,3-12,18,20-21H2,1-2H3,(H,37,44,45). The summed E-state index contributed by atoms with van der Waals surface area (Å²) in [4.78, 5) is 44.3. The molecule has 2 aromatic carbocycles. The molecular formula is C34H41FN8O5. The number of aromatic nitrogens is 2. The number of hydrogen-bond acceptors (Lipinski definition) is 10. The van der Waals surface area contributed by atoms with E-state index >= 15 is 4.39 Å². The largest absolute Gasteiger partial charge is 0.490 e. The number of halogens is 1. The lowest BCUT2D eigenvalue weighted by molar-refractivity contribution is -0.385. The van der Waals surface area contributed by atoms with Gasteiger partial charge in [-0.05, 0) is 48.4 Å². The summed E-state index contributed by atoms with van der Waals surface area (Å²) >= 11 is 0. The SMILES string of the molecule is COc1cc(N2CCC(CN3CCN(c4cc5c(cc4F)CN(C4CCC(=O)NC4=O)C5)CC3)CC2)c(-c2cnn(C)c2)cc1[N+](=O)[O-]. The Morgan fingerprint density at radius 3 is 2.33 bits per heavy atom. The molecule has 1 N–H and O–H groups in total. The summed E-state index contributed by atoms with van der Waals surface area (Å²) < 4.78 is 22.5. The molecule has 0 bridgehead atoms. The Morgan fingerprint density at radius 2 is 1.69 bits per heavy atom. The van der Waals surface area contributed by atoms with E-state index in [1.807, 2.05) is 24.2 Å². The van der Waals surface area contributed by atoms with Crippen molar-refractivity contribution in [2.75, 3.05) is 62.7 Å². The van der Waals surface area contributed by atoms with Gasteiger partial charge in [0.1, 0.15) is 5.82 Å². The second-order valence-corrected chi connectivity index (χ2v) is 13.4. The quantitative estimate of drug-likeness (QED) is 0.218. The Balaban J connectivity index is 0.948. The number of ether oxygens (including phenoxy) is 1. The lowest BCUT2D eigenvalue weighted by atomic mass is 9.94. The topological polar surface area (TPSA) is 129 Å². The van der Waals surface area contributed by atoms with Gasteiger partial charge in [-0.2, -0.15) is 5.10 Å². The van der Waals surface area contributed by atoms with E-state index in [-0.39, 0.29) is 35.1 Å². The zero-order valence-corrected chi connectivity index (χ0v) is 27.4. The molecule has 254 valence electrons. The van der Waals surface area contributed by atoms with E-state index in [1.165, 1.54) is 7.11 Å². The fourth-order valence-corrected chi connectivity index (χ4v) is 7.74. The molecule has 0 spiro atoms. The molecule has 1 unspecified atom stereocenters. The Kier molecular flexibility index (Phi) is 8.77. The van der Waals surface area contributed by atoms with Crippen molar-refractivity contribution in [3.8, 4) is 16.9 Å². The van der Waals surface area contributed by atoms with Crippen molar-refractivity contribution < 1.29 is 23.6 Å². The molecule has 1 aromatic heterocycles. The number of hydrogen-bond donors (Lipinski definition) is 1. The summed E-state index contributed by atoms with van der Waals surface area (Å²) in [6.45, 7) is 6.90. The minimum Gasteiger partial charge on any atom is -0.490 e. The molecule has 7 rings (SSSR count). The lowest BCUT2D eigenvalue weighted by Gasteiger charge is -2.40. The van der Waals surface area contributed by atoms with Gasteiger partial charge < -0.3 is 14.5 Å². The average Bonchev–Trinajstić information content (AvgIpc) is 3.70. The second-order valence-electron chi connectivity index (χ2n) is 13.4. The summed E-state index contributed by atoms with van der Waals surface area (Å²) in [6.07, 6.45) is 6.41. The van der Waals surface area contributed by atoms with E-state index in [4.69, 9.17) is 4.74 Å². The molecule has 14 heteroatoms. The van der Waals surface area contributed by atoms with Crippen LogP contribution in [0.15, 0.2) is 36.7 Å². The highest BCUT2D eigenvalue weighted by Crippen LogP contribution is 2.41. The fourth-order valence-electron chi connectivity index (χ4n) is 7.74. The molecule has 0 radical (unpaired) electrons. The smallest absolute Gasteiger partial charge is 0.311 e. The van der Waals surface area contributed by atoms with Crippen LogP contribution < -0.4 is 19.9 Å². The third-order valence-electron chi connectivity index (χ3n) is 10.4. The van der Waals surface area contributed by atoms with Crippen LogP contribution in [0.2, 0.25) is 0 Å². The van der Waals surface area contributed by atoms with Crippen molar-refractivity contribution in [3.63, 3.8) is 0 Å². The van der Waals surface area contributed by atoms with Gasteiger partial charge in [-0.3, -0.25) is 39.5 Å². The van der Waals surface area contributed by atoms with Gasteiger partial charge in [-0.1, -0.05) is 0 Å². The zero-order valence-electron chi connectivity index (χ0n) is 27.4. The number of methoxy groups -OCH3 is 1. The van der Waals surface area contributed by atoms with Crippen molar-refractivity contribution in [2.24, 2.45) is 13.0 Å². The lowest BCUT2D eigenvalue weighted by Crippen LogP contribution is -2.50. The highest BCUT2D eigenvalue weighted by molar-refractivity contribution is 6.00. The van der Waals surface area contributed by atoms with Crippen LogP contribution in [0.1, 0.15) is 36.8 Å². The number of carbonyl (C=O) groups is 2. The predicted molar refractivity (Wildman–Crippen MR) is 177 cm³/mol. The van der Waals surface area contributed by atoms with Crippen LogP contribution in [0.3, 0.4) is 0 Å². The minimum absolute atomic E-state index is 0.0666. The zero-order chi connectivity index (χ0) is 33.5. The molecule has 1 atom stereocenters. The van der Waals surface area contributed by atoms with Crippen LogP contribution in [0.4, 0.5) is 21.5 Å². The Labute approximate surface area is 278 Å². The van der Waals surface area contributed by atoms with Gasteiger partial charge in [0.15, 0.2) is 5.75 Å². The van der Waals surface area contributed by atoms with Crippen molar-refractivity contribution in [1.82, 2.24) is 24.9 Å². The maximum absolute atomic E-state index is 15.4. The van der Waals surface area contributed by atoms with E-state index in [2.05, 4.69) is 25.1 Å². The number of carbonyl (C=O) groups excluding carboxylic acids is 2. The molecular weight excluding hydrogens is 619 g/mol. The third kappa shape index (κ3) is 6.33. The first-order valence-corrected chi connectivity index (χ1v) is 16.6. The average molecular weight is 661 g/mol. The van der Waals surface area contributed by atoms with E-state index in [9.17, 15) is 19.7 Å². The first-order chi connectivity index (χ1) is 23.2. The summed E-state index contributed by atoms with van der Waals surface area (Å²) in [5, 5.41) is 18.5. The third-order valence-corrected chi connectivity index (χ3v) is 10.4. The molecule has 4 aliphatic heterocycles. The van der Waals surface area contributed by atoms with Crippen molar-refractivity contribution in [2.45, 2.75) is 44.8 Å². The molecule has 0 aliphatic carbocycles. The van der Waals surface area contributed by atoms with Gasteiger partial charge in [0.05, 0.1) is 30.0 Å². The van der Waals surface area contributed by atoms with Crippen LogP contribution in [0.5, 0.6) is 5.75 Å². The summed E-state index contributed by atoms with van der Waals surface area (Å²) in [5.74, 6) is 0.0408. The van der Waals surface area contributed by atoms with Gasteiger partial charge in [0, 0.05) is 108 Å². The number of piperazine rings is 1. The molecule has 3 fully saturated rings. The van der Waals surface area contributed by atoms with Gasteiger partial charge >= 0.3 is 5.69 Å². The monoisotopic (exact) mass is 660 g/mol. The summed E-state index contributed by atoms with van der Waals surface area (Å²) in [6, 6.07) is 6.59. The van der Waals surface area contributed by atoms with Crippen molar-refractivity contribution in [3.05, 3.63) is 63.7 Å². The molecule has 0 saturated carbocycles. The predicted octanol–water partition coefficient (Wildman–Crippen LogP) is 3.30. The normalized spacial score (nSPS) is 21.0. The van der Waals surface area contributed by atoms with Crippen molar-refractivity contribution >= 4 is 28.9 Å². The molecule has 48 heavy (non-hydrogen) atoms. The number of aryl methyl sites for hydroxylation is 1. The highest BCUT2D eigenvalue weighted by atomic mass is 19.1. The van der Waals surface area contributed by atoms with E-state index in [0.717, 1.165) is 86.6 Å². The maximum atomic E-state index is 15.4. The van der Waals surface area contributed by atoms with Crippen LogP contribution in [-0.2, 0) is 29.7 Å². The van der Waals surface area contributed by atoms with E-state index in [1.54, 1.807) is 29.1 Å². The number of nitrogens with zero attached hydrogens (tertiary/aromatic N) is 7. The van der Waals surface area contributed by atoms with Crippen LogP contribution in [0, 0.1) is 21.8 Å². The second kappa shape index (κ2) is 13.2. The van der Waals surface area contributed by atoms with Crippen molar-refractivity contribution in [1.29, 1.82) is 0 Å². The van der Waals surface area contributed by atoms with Gasteiger partial charge in [-0.25, -0.2) is 4.39 Å². The Morgan fingerprint density at radius 1 is 0.979 bits per heavy atom. The molecule has 3 saturated heterocycles. The maximum Gasteiger partial charge on any atom is 0.311 e. The number of piperidine rings is 2. The number of nitro groups is 1. The number of rotatable bonds is 8. The Hall–Kier alpha value is -4.56. The first-order valence-electron chi connectivity index (χ1n) is 16.6. The molecule has 3 aromatic rings. The van der Waals surface area contributed by atoms with Crippen LogP contribution in [0.25, 0.3) is 11.1 Å². The summed E-state index contributed by atoms with van der Waals surface area (Å²) in [5.41, 5.74) is 5.01. The van der Waals surface area contributed by atoms with E-state index in [0.29, 0.717) is 37.5 Å². The number of nitro benzene ring substituents is 1. The number of anilines is 2. The molecule has 13 nitrogen and oxygen atoms in total. The van der Waals surface area contributed by atoms with Gasteiger partial charge in [0.25, 0.3) is 0 Å². The summed E-state index contributed by atoms with van der Waals surface area (Å²) in [7, 11) is 3.28. The first kappa shape index (κ1) is 32.0. The van der Waals surface area contributed by atoms with Crippen LogP contribution in [-0.4, -0.2) is 95.3 Å². The fraction of sp³-hybridized carbons (Fsp3) is 0.500. The van der Waals surface area contributed by atoms with Gasteiger partial charge in [-0.15, -0.1) is 0 Å². The minimum atomic E-state index is -0.412.